The van der Waals surface area contributed by atoms with Gasteiger partial charge in [-0.15, -0.1) is 22.7 Å². The Hall–Kier alpha value is -0.950. The highest BCUT2D eigenvalue weighted by atomic mass is 32.1. The van der Waals surface area contributed by atoms with E-state index >= 15 is 0 Å². The number of hydrogen-bond acceptors (Lipinski definition) is 5. The molecule has 4 rings (SSSR count). The summed E-state index contributed by atoms with van der Waals surface area (Å²) < 4.78 is 2.48. The number of amides is 1. The lowest BCUT2D eigenvalue weighted by atomic mass is 9.99. The molecule has 2 fully saturated rings. The first kappa shape index (κ1) is 15.6. The van der Waals surface area contributed by atoms with Crippen molar-refractivity contribution < 1.29 is 4.79 Å². The number of nitrogens with zero attached hydrogens (tertiary/aromatic N) is 2. The fraction of sp³-hybridized carbons (Fsp3) is 0.588. The second kappa shape index (κ2) is 6.89. The van der Waals surface area contributed by atoms with Gasteiger partial charge in [-0.05, 0) is 49.4 Å². The summed E-state index contributed by atoms with van der Waals surface area (Å²) in [7, 11) is 0. The molecule has 0 bridgehead atoms. The van der Waals surface area contributed by atoms with E-state index in [2.05, 4.69) is 27.7 Å². The molecule has 6 heteroatoms. The number of nitrogens with one attached hydrogen (secondary N) is 1. The molecule has 2 aromatic rings. The number of piperidine rings is 1. The van der Waals surface area contributed by atoms with Gasteiger partial charge in [-0.1, -0.05) is 0 Å². The van der Waals surface area contributed by atoms with Crippen molar-refractivity contribution in [3.8, 4) is 0 Å². The zero-order valence-electron chi connectivity index (χ0n) is 13.3. The van der Waals surface area contributed by atoms with Gasteiger partial charge in [0, 0.05) is 42.1 Å². The van der Waals surface area contributed by atoms with Gasteiger partial charge in [0.05, 0.1) is 4.88 Å². The van der Waals surface area contributed by atoms with Crippen molar-refractivity contribution in [1.29, 1.82) is 0 Å². The van der Waals surface area contributed by atoms with E-state index in [1.165, 1.54) is 35.3 Å². The molecule has 2 saturated heterocycles. The molecule has 4 nitrogen and oxygen atoms in total. The standard InChI is InChI=1S/C17H23N3OS2/c21-17(16-10-15-14(23-16)3-9-22-15)20-7-5-19(6-8-20)12-13-2-1-4-18-11-13/h3,9-10,13,18H,1-2,4-8,11-12H2. The highest BCUT2D eigenvalue weighted by Gasteiger charge is 2.25. The van der Waals surface area contributed by atoms with Crippen molar-refractivity contribution in [2.75, 3.05) is 45.8 Å². The number of fused-ring (bicyclic) bond motifs is 1. The monoisotopic (exact) mass is 349 g/mol. The third-order valence-corrected chi connectivity index (χ3v) is 7.01. The van der Waals surface area contributed by atoms with Crippen LogP contribution in [0.1, 0.15) is 22.5 Å². The molecule has 2 aliphatic heterocycles. The summed E-state index contributed by atoms with van der Waals surface area (Å²) >= 11 is 3.35. The van der Waals surface area contributed by atoms with E-state index in [9.17, 15) is 4.79 Å². The van der Waals surface area contributed by atoms with Crippen molar-refractivity contribution in [2.45, 2.75) is 12.8 Å². The molecule has 0 aromatic carbocycles. The molecule has 0 aliphatic carbocycles. The molecule has 124 valence electrons. The molecule has 23 heavy (non-hydrogen) atoms. The average Bonchev–Trinajstić information content (AvgIpc) is 3.17. The fourth-order valence-electron chi connectivity index (χ4n) is 3.61. The van der Waals surface area contributed by atoms with Crippen LogP contribution in [-0.2, 0) is 0 Å². The fourth-order valence-corrected chi connectivity index (χ4v) is 5.68. The zero-order valence-corrected chi connectivity index (χ0v) is 14.9. The first-order valence-electron chi connectivity index (χ1n) is 8.49. The first-order chi connectivity index (χ1) is 11.3. The van der Waals surface area contributed by atoms with Crippen LogP contribution in [0.5, 0.6) is 0 Å². The average molecular weight is 350 g/mol. The van der Waals surface area contributed by atoms with Crippen molar-refractivity contribution in [1.82, 2.24) is 15.1 Å². The van der Waals surface area contributed by atoms with Crippen LogP contribution in [0.25, 0.3) is 9.40 Å². The van der Waals surface area contributed by atoms with E-state index in [0.29, 0.717) is 0 Å². The Morgan fingerprint density at radius 1 is 1.26 bits per heavy atom. The van der Waals surface area contributed by atoms with Crippen LogP contribution in [0.15, 0.2) is 17.5 Å². The van der Waals surface area contributed by atoms with Crippen LogP contribution in [0.3, 0.4) is 0 Å². The summed E-state index contributed by atoms with van der Waals surface area (Å²) in [5.74, 6) is 1.01. The van der Waals surface area contributed by atoms with Gasteiger partial charge in [0.15, 0.2) is 0 Å². The third kappa shape index (κ3) is 3.45. The minimum Gasteiger partial charge on any atom is -0.335 e. The maximum absolute atomic E-state index is 12.7. The Kier molecular flexibility index (Phi) is 4.66. The molecule has 1 N–H and O–H groups in total. The molecular weight excluding hydrogens is 326 g/mol. The largest absolute Gasteiger partial charge is 0.335 e. The molecule has 0 spiro atoms. The molecule has 2 aliphatic rings. The normalized spacial score (nSPS) is 23.5. The number of piperazine rings is 1. The van der Waals surface area contributed by atoms with Gasteiger partial charge in [0.2, 0.25) is 0 Å². The van der Waals surface area contributed by atoms with E-state index < -0.39 is 0 Å². The van der Waals surface area contributed by atoms with Gasteiger partial charge in [-0.25, -0.2) is 0 Å². The molecule has 4 heterocycles. The van der Waals surface area contributed by atoms with E-state index in [1.54, 1.807) is 22.7 Å². The van der Waals surface area contributed by atoms with Crippen molar-refractivity contribution >= 4 is 38.0 Å². The Labute approximate surface area is 145 Å². The third-order valence-electron chi connectivity index (χ3n) is 4.93. The van der Waals surface area contributed by atoms with Gasteiger partial charge >= 0.3 is 0 Å². The SMILES string of the molecule is O=C(c1cc2sccc2s1)N1CCN(CC2CCCNC2)CC1. The predicted molar refractivity (Wildman–Crippen MR) is 97.6 cm³/mol. The Balaban J connectivity index is 1.31. The van der Waals surface area contributed by atoms with Crippen LogP contribution in [-0.4, -0.2) is 61.5 Å². The van der Waals surface area contributed by atoms with E-state index in [4.69, 9.17) is 0 Å². The van der Waals surface area contributed by atoms with Crippen LogP contribution in [0.4, 0.5) is 0 Å². The van der Waals surface area contributed by atoms with Gasteiger partial charge in [-0.3, -0.25) is 9.69 Å². The van der Waals surface area contributed by atoms with Gasteiger partial charge in [0.1, 0.15) is 0 Å². The molecule has 0 radical (unpaired) electrons. The lowest BCUT2D eigenvalue weighted by molar-refractivity contribution is 0.0614. The summed E-state index contributed by atoms with van der Waals surface area (Å²) in [5, 5.41) is 5.59. The second-order valence-corrected chi connectivity index (χ2v) is 8.60. The van der Waals surface area contributed by atoms with Crippen molar-refractivity contribution in [3.63, 3.8) is 0 Å². The van der Waals surface area contributed by atoms with E-state index in [1.807, 2.05) is 4.90 Å². The van der Waals surface area contributed by atoms with Gasteiger partial charge < -0.3 is 10.2 Å². The molecule has 1 unspecified atom stereocenters. The Morgan fingerprint density at radius 2 is 2.13 bits per heavy atom. The molecular formula is C17H23N3OS2. The predicted octanol–water partition coefficient (Wildman–Crippen LogP) is 2.72. The number of carbonyl (C=O) groups is 1. The summed E-state index contributed by atoms with van der Waals surface area (Å²) in [6.45, 7) is 7.28. The van der Waals surface area contributed by atoms with Crippen LogP contribution < -0.4 is 5.32 Å². The van der Waals surface area contributed by atoms with E-state index in [0.717, 1.165) is 43.5 Å². The summed E-state index contributed by atoms with van der Waals surface area (Å²) in [5.41, 5.74) is 0. The Morgan fingerprint density at radius 3 is 2.87 bits per heavy atom. The maximum Gasteiger partial charge on any atom is 0.264 e. The lowest BCUT2D eigenvalue weighted by Gasteiger charge is -2.37. The smallest absolute Gasteiger partial charge is 0.264 e. The summed E-state index contributed by atoms with van der Waals surface area (Å²) in [6.07, 6.45) is 2.65. The van der Waals surface area contributed by atoms with Gasteiger partial charge in [0.25, 0.3) is 5.91 Å². The molecule has 1 amide bonds. The first-order valence-corrected chi connectivity index (χ1v) is 10.2. The number of hydrogen-bond donors (Lipinski definition) is 1. The highest BCUT2D eigenvalue weighted by Crippen LogP contribution is 2.30. The minimum atomic E-state index is 0.220. The van der Waals surface area contributed by atoms with E-state index in [-0.39, 0.29) is 5.91 Å². The second-order valence-electron chi connectivity index (χ2n) is 6.56. The maximum atomic E-state index is 12.7. The molecule has 1 atom stereocenters. The van der Waals surface area contributed by atoms with Crippen molar-refractivity contribution in [2.24, 2.45) is 5.92 Å². The summed E-state index contributed by atoms with van der Waals surface area (Å²) in [4.78, 5) is 18.1. The lowest BCUT2D eigenvalue weighted by Crippen LogP contribution is -2.50. The number of carbonyl (C=O) groups excluding carboxylic acids is 1. The molecule has 2 aromatic heterocycles. The molecule has 0 saturated carbocycles. The highest BCUT2D eigenvalue weighted by molar-refractivity contribution is 7.27. The van der Waals surface area contributed by atoms with Crippen molar-refractivity contribution in [3.05, 3.63) is 22.4 Å². The quantitative estimate of drug-likeness (QED) is 0.925. The minimum absolute atomic E-state index is 0.220. The van der Waals surface area contributed by atoms with Crippen LogP contribution in [0.2, 0.25) is 0 Å². The topological polar surface area (TPSA) is 35.6 Å². The van der Waals surface area contributed by atoms with Gasteiger partial charge in [-0.2, -0.15) is 0 Å². The zero-order chi connectivity index (χ0) is 15.6. The van der Waals surface area contributed by atoms with Crippen LogP contribution in [0, 0.1) is 5.92 Å². The number of rotatable bonds is 3. The van der Waals surface area contributed by atoms with Crippen LogP contribution >= 0.6 is 22.7 Å². The Bertz CT molecular complexity index is 638. The summed E-state index contributed by atoms with van der Waals surface area (Å²) in [6, 6.07) is 4.17. The number of thiophene rings is 2.